The van der Waals surface area contributed by atoms with E-state index in [-0.39, 0.29) is 23.3 Å². The van der Waals surface area contributed by atoms with Crippen LogP contribution < -0.4 is 21.1 Å². The maximum atomic E-state index is 13.3. The lowest BCUT2D eigenvalue weighted by Crippen LogP contribution is -2.44. The minimum atomic E-state index is -0.356. The second-order valence-corrected chi connectivity index (χ2v) is 15.5. The van der Waals surface area contributed by atoms with E-state index in [9.17, 15) is 9.59 Å². The molecule has 2 amide bonds. The average Bonchev–Trinajstić information content (AvgIpc) is 3.53. The van der Waals surface area contributed by atoms with E-state index in [0.717, 1.165) is 55.8 Å². The zero-order valence-electron chi connectivity index (χ0n) is 30.5. The molecule has 2 aliphatic carbocycles. The number of ether oxygens (including phenoxy) is 1. The molecule has 2 aromatic heterocycles. The molecule has 7 rings (SSSR count). The summed E-state index contributed by atoms with van der Waals surface area (Å²) in [7, 11) is 0. The van der Waals surface area contributed by atoms with Crippen LogP contribution in [-0.4, -0.2) is 62.6 Å². The smallest absolute Gasteiger partial charge is 0.247 e. The highest BCUT2D eigenvalue weighted by atomic mass is 16.5. The first-order valence-electron chi connectivity index (χ1n) is 19.0. The van der Waals surface area contributed by atoms with Gasteiger partial charge in [0.2, 0.25) is 11.8 Å². The van der Waals surface area contributed by atoms with Crippen LogP contribution in [0.15, 0.2) is 67.5 Å². The maximum absolute atomic E-state index is 13.3. The summed E-state index contributed by atoms with van der Waals surface area (Å²) in [5.41, 5.74) is 9.20. The van der Waals surface area contributed by atoms with Crippen LogP contribution in [0.2, 0.25) is 0 Å². The fraction of sp³-hybridized carbons (Fsp3) is 0.488. The van der Waals surface area contributed by atoms with Crippen molar-refractivity contribution < 1.29 is 14.3 Å². The standard InChI is InChI=1S/C41H52N8O3/c1-4-28-20-29-19-27(3)22-41(23-28,24-29)25-36(51)43-15-18-48-16-13-31(14-17-48)49-40-37(39(42)44-26-45-40)38(47-49)30-11-12-34(33(21-30)46-35(50)5-2)52-32-9-7-6-8-10-32/h5-12,21,26-29,31H,2,4,13-20,22-25H2,1,3H3,(H,43,51)(H,46,50)(H2,42,44,45). The Morgan fingerprint density at radius 3 is 2.65 bits per heavy atom. The summed E-state index contributed by atoms with van der Waals surface area (Å²) in [6.07, 6.45) is 12.7. The maximum Gasteiger partial charge on any atom is 0.247 e. The van der Waals surface area contributed by atoms with Crippen molar-refractivity contribution in [3.05, 3.63) is 67.5 Å². The summed E-state index contributed by atoms with van der Waals surface area (Å²) >= 11 is 0. The van der Waals surface area contributed by atoms with Crippen LogP contribution in [0.5, 0.6) is 11.5 Å². The van der Waals surface area contributed by atoms with Gasteiger partial charge in [-0.25, -0.2) is 14.6 Å². The number of hydrogen-bond donors (Lipinski definition) is 3. The molecule has 3 fully saturated rings. The molecule has 4 aromatic rings. The van der Waals surface area contributed by atoms with E-state index in [1.54, 1.807) is 0 Å². The fourth-order valence-corrected chi connectivity index (χ4v) is 9.47. The second-order valence-electron chi connectivity index (χ2n) is 15.5. The van der Waals surface area contributed by atoms with Crippen LogP contribution in [0.25, 0.3) is 22.3 Å². The number of carbonyl (C=O) groups excluding carboxylic acids is 2. The number of amides is 2. The Morgan fingerprint density at radius 1 is 1.08 bits per heavy atom. The first kappa shape index (κ1) is 35.6. The van der Waals surface area contributed by atoms with E-state index in [2.05, 4.69) is 45.9 Å². The number of piperidine rings is 1. The minimum absolute atomic E-state index is 0.121. The highest BCUT2D eigenvalue weighted by molar-refractivity contribution is 6.02. The van der Waals surface area contributed by atoms with E-state index >= 15 is 0 Å². The topological polar surface area (TPSA) is 140 Å². The molecule has 3 aliphatic rings. The summed E-state index contributed by atoms with van der Waals surface area (Å²) in [6, 6.07) is 15.1. The van der Waals surface area contributed by atoms with Gasteiger partial charge in [0.15, 0.2) is 11.4 Å². The van der Waals surface area contributed by atoms with Crippen molar-refractivity contribution in [3.8, 4) is 22.8 Å². The molecule has 0 spiro atoms. The van der Waals surface area contributed by atoms with Crippen LogP contribution in [0.4, 0.5) is 11.5 Å². The molecule has 4 atom stereocenters. The van der Waals surface area contributed by atoms with Crippen LogP contribution >= 0.6 is 0 Å². The van der Waals surface area contributed by atoms with E-state index in [1.165, 1.54) is 50.9 Å². The molecular weight excluding hydrogens is 653 g/mol. The Labute approximate surface area is 306 Å². The second kappa shape index (κ2) is 15.5. The van der Waals surface area contributed by atoms with Crippen molar-refractivity contribution in [2.75, 3.05) is 37.2 Å². The van der Waals surface area contributed by atoms with E-state index in [1.807, 2.05) is 53.2 Å². The molecule has 4 unspecified atom stereocenters. The van der Waals surface area contributed by atoms with Crippen molar-refractivity contribution in [1.29, 1.82) is 0 Å². The number of likely N-dealkylation sites (tertiary alicyclic amines) is 1. The lowest BCUT2D eigenvalue weighted by atomic mass is 9.55. The number of benzene rings is 2. The number of fused-ring (bicyclic) bond motifs is 3. The van der Waals surface area contributed by atoms with E-state index in [0.29, 0.717) is 52.7 Å². The molecule has 2 bridgehead atoms. The quantitative estimate of drug-likeness (QED) is 0.130. The SMILES string of the molecule is C=CC(=O)Nc1cc(-c2nn(C3CCN(CCNC(=O)CC45CC(C)CC(CC(CC)C4)C5)CC3)c3ncnc(N)c23)ccc1Oc1ccccc1. The number of nitrogens with one attached hydrogen (secondary N) is 2. The summed E-state index contributed by atoms with van der Waals surface area (Å²) in [5, 5.41) is 11.9. The van der Waals surface area contributed by atoms with Crippen LogP contribution in [0.1, 0.15) is 77.7 Å². The van der Waals surface area contributed by atoms with Crippen LogP contribution in [-0.2, 0) is 9.59 Å². The average molecular weight is 705 g/mol. The van der Waals surface area contributed by atoms with Gasteiger partial charge in [0.1, 0.15) is 23.6 Å². The molecule has 52 heavy (non-hydrogen) atoms. The Morgan fingerprint density at radius 2 is 1.88 bits per heavy atom. The first-order chi connectivity index (χ1) is 25.2. The third-order valence-corrected chi connectivity index (χ3v) is 11.6. The number of aromatic nitrogens is 4. The number of nitrogens with zero attached hydrogens (tertiary/aromatic N) is 5. The van der Waals surface area contributed by atoms with Crippen molar-refractivity contribution in [1.82, 2.24) is 30.0 Å². The Kier molecular flexibility index (Phi) is 10.6. The van der Waals surface area contributed by atoms with Gasteiger partial charge >= 0.3 is 0 Å². The molecular formula is C41H52N8O3. The summed E-state index contributed by atoms with van der Waals surface area (Å²) in [5.74, 6) is 3.63. The molecule has 1 aliphatic heterocycles. The zero-order valence-corrected chi connectivity index (χ0v) is 30.5. The minimum Gasteiger partial charge on any atom is -0.455 e. The number of hydrogen-bond acceptors (Lipinski definition) is 8. The molecule has 4 N–H and O–H groups in total. The number of rotatable bonds is 12. The van der Waals surface area contributed by atoms with Gasteiger partial charge in [-0.2, -0.15) is 5.10 Å². The van der Waals surface area contributed by atoms with E-state index < -0.39 is 0 Å². The van der Waals surface area contributed by atoms with Gasteiger partial charge in [-0.3, -0.25) is 9.59 Å². The monoisotopic (exact) mass is 704 g/mol. The van der Waals surface area contributed by atoms with Crippen molar-refractivity contribution in [2.45, 2.75) is 77.7 Å². The lowest BCUT2D eigenvalue weighted by molar-refractivity contribution is -0.126. The van der Waals surface area contributed by atoms with Crippen molar-refractivity contribution >= 4 is 34.4 Å². The van der Waals surface area contributed by atoms with Gasteiger partial charge in [-0.05, 0) is 105 Å². The van der Waals surface area contributed by atoms with Gasteiger partial charge in [0, 0.05) is 38.2 Å². The Bertz CT molecular complexity index is 1900. The molecule has 2 saturated carbocycles. The predicted molar refractivity (Wildman–Crippen MR) is 205 cm³/mol. The highest BCUT2D eigenvalue weighted by Gasteiger charge is 2.45. The third kappa shape index (κ3) is 7.84. The number of nitrogen functional groups attached to an aromatic ring is 1. The fourth-order valence-electron chi connectivity index (χ4n) is 9.47. The van der Waals surface area contributed by atoms with Gasteiger partial charge in [-0.15, -0.1) is 0 Å². The number of carbonyl (C=O) groups is 2. The largest absolute Gasteiger partial charge is 0.455 e. The molecule has 0 radical (unpaired) electrons. The van der Waals surface area contributed by atoms with Gasteiger partial charge in [0.05, 0.1) is 17.1 Å². The molecule has 11 nitrogen and oxygen atoms in total. The lowest BCUT2D eigenvalue weighted by Gasteiger charge is -2.50. The van der Waals surface area contributed by atoms with Crippen molar-refractivity contribution in [3.63, 3.8) is 0 Å². The first-order valence-corrected chi connectivity index (χ1v) is 19.0. The molecule has 1 saturated heterocycles. The molecule has 274 valence electrons. The molecule has 3 heterocycles. The van der Waals surface area contributed by atoms with Crippen LogP contribution in [0.3, 0.4) is 0 Å². The Balaban J connectivity index is 1.01. The highest BCUT2D eigenvalue weighted by Crippen LogP contribution is 2.55. The predicted octanol–water partition coefficient (Wildman–Crippen LogP) is 7.38. The summed E-state index contributed by atoms with van der Waals surface area (Å²) < 4.78 is 8.11. The summed E-state index contributed by atoms with van der Waals surface area (Å²) in [4.78, 5) is 37.0. The van der Waals surface area contributed by atoms with Gasteiger partial charge in [0.25, 0.3) is 0 Å². The summed E-state index contributed by atoms with van der Waals surface area (Å²) in [6.45, 7) is 11.6. The van der Waals surface area contributed by atoms with E-state index in [4.69, 9.17) is 15.6 Å². The third-order valence-electron chi connectivity index (χ3n) is 11.6. The Hall–Kier alpha value is -4.77. The molecule has 2 aromatic carbocycles. The normalized spacial score (nSPS) is 23.6. The van der Waals surface area contributed by atoms with Gasteiger partial charge < -0.3 is 26.0 Å². The number of para-hydroxylation sites is 1. The van der Waals surface area contributed by atoms with Gasteiger partial charge in [-0.1, -0.05) is 45.0 Å². The van der Waals surface area contributed by atoms with Crippen molar-refractivity contribution in [2.24, 2.45) is 23.2 Å². The number of anilines is 2. The number of nitrogens with two attached hydrogens (primary N) is 1. The molecule has 11 heteroatoms. The zero-order chi connectivity index (χ0) is 36.2. The van der Waals surface area contributed by atoms with Crippen LogP contribution in [0, 0.1) is 23.2 Å².